The van der Waals surface area contributed by atoms with Gasteiger partial charge in [0.2, 0.25) is 5.91 Å². The van der Waals surface area contributed by atoms with Crippen LogP contribution >= 0.6 is 0 Å². The first-order chi connectivity index (χ1) is 16.8. The number of hydrogen-bond acceptors (Lipinski definition) is 6. The predicted octanol–water partition coefficient (Wildman–Crippen LogP) is 3.28. The molecule has 35 heavy (non-hydrogen) atoms. The van der Waals surface area contributed by atoms with Gasteiger partial charge in [0.1, 0.15) is 0 Å². The minimum Gasteiger partial charge on any atom is -0.493 e. The molecule has 1 atom stereocenters. The van der Waals surface area contributed by atoms with Gasteiger partial charge in [0.05, 0.1) is 32.5 Å². The minimum absolute atomic E-state index is 0.0115. The number of piperazine rings is 1. The van der Waals surface area contributed by atoms with Crippen LogP contribution in [0.4, 0.5) is 13.2 Å². The van der Waals surface area contributed by atoms with E-state index in [4.69, 9.17) is 9.47 Å². The lowest BCUT2D eigenvalue weighted by atomic mass is 10.1. The number of benzene rings is 1. The molecule has 0 bridgehead atoms. The Hall–Kier alpha value is -3.34. The largest absolute Gasteiger partial charge is 0.493 e. The van der Waals surface area contributed by atoms with E-state index in [1.54, 1.807) is 23.1 Å². The summed E-state index contributed by atoms with van der Waals surface area (Å²) < 4.78 is 53.1. The quantitative estimate of drug-likeness (QED) is 0.548. The van der Waals surface area contributed by atoms with Gasteiger partial charge in [-0.05, 0) is 43.7 Å². The van der Waals surface area contributed by atoms with Gasteiger partial charge >= 0.3 is 6.18 Å². The Bertz CT molecular complexity index is 1260. The van der Waals surface area contributed by atoms with Crippen LogP contribution in [-0.2, 0) is 17.4 Å². The number of amides is 1. The molecule has 0 radical (unpaired) electrons. The number of aromatic nitrogens is 3. The number of alkyl halides is 3. The highest BCUT2D eigenvalue weighted by atomic mass is 19.4. The van der Waals surface area contributed by atoms with Crippen LogP contribution in [0.25, 0.3) is 16.9 Å². The summed E-state index contributed by atoms with van der Waals surface area (Å²) in [6, 6.07) is 6.11. The molecule has 1 amide bonds. The Labute approximate surface area is 200 Å². The molecule has 2 aliphatic rings. The SMILES string of the molecule is COc1ccc(-c2cc(C(F)(F)F)n3ncc(CC(=O)N4CCN5CCCC5C4)c3n2)cc1OC. The van der Waals surface area contributed by atoms with Crippen molar-refractivity contribution in [1.82, 2.24) is 24.4 Å². The van der Waals surface area contributed by atoms with Gasteiger partial charge in [-0.25, -0.2) is 9.50 Å². The van der Waals surface area contributed by atoms with Gasteiger partial charge in [0.25, 0.3) is 0 Å². The Kier molecular flexibility index (Phi) is 6.04. The maximum absolute atomic E-state index is 14.0. The van der Waals surface area contributed by atoms with Crippen molar-refractivity contribution in [2.45, 2.75) is 31.5 Å². The summed E-state index contributed by atoms with van der Waals surface area (Å²) in [5, 5.41) is 3.94. The van der Waals surface area contributed by atoms with E-state index in [1.165, 1.54) is 20.4 Å². The number of carbonyl (C=O) groups is 1. The number of halogens is 3. The molecule has 0 saturated carbocycles. The third-order valence-corrected chi connectivity index (χ3v) is 6.80. The molecule has 4 heterocycles. The second-order valence-corrected chi connectivity index (χ2v) is 8.85. The summed E-state index contributed by atoms with van der Waals surface area (Å²) in [7, 11) is 2.93. The van der Waals surface area contributed by atoms with Crippen LogP contribution in [-0.4, -0.2) is 76.7 Å². The normalized spacial score (nSPS) is 18.7. The molecule has 2 fully saturated rings. The molecule has 1 aromatic carbocycles. The lowest BCUT2D eigenvalue weighted by Gasteiger charge is -2.37. The summed E-state index contributed by atoms with van der Waals surface area (Å²) >= 11 is 0. The lowest BCUT2D eigenvalue weighted by Crippen LogP contribution is -2.52. The third kappa shape index (κ3) is 4.40. The zero-order valence-corrected chi connectivity index (χ0v) is 19.5. The number of fused-ring (bicyclic) bond motifs is 2. The Morgan fingerprint density at radius 1 is 1.11 bits per heavy atom. The standard InChI is InChI=1S/C24H26F3N5O3/c1-34-19-6-5-15(10-20(19)35-2)18-12-21(24(25,26)27)32-23(29-18)16(13-28-32)11-22(33)31-9-8-30-7-3-4-17(30)14-31/h5-6,10,12-13,17H,3-4,7-9,11,14H2,1-2H3. The molecule has 2 saturated heterocycles. The number of hydrogen-bond donors (Lipinski definition) is 0. The van der Waals surface area contributed by atoms with E-state index in [-0.39, 0.29) is 23.7 Å². The average Bonchev–Trinajstić information content (AvgIpc) is 3.48. The van der Waals surface area contributed by atoms with Crippen molar-refractivity contribution in [3.8, 4) is 22.8 Å². The van der Waals surface area contributed by atoms with Crippen LogP contribution in [0.2, 0.25) is 0 Å². The van der Waals surface area contributed by atoms with E-state index in [1.807, 2.05) is 0 Å². The monoisotopic (exact) mass is 489 g/mol. The van der Waals surface area contributed by atoms with E-state index < -0.39 is 11.9 Å². The van der Waals surface area contributed by atoms with Crippen molar-refractivity contribution in [3.05, 3.63) is 41.7 Å². The maximum atomic E-state index is 14.0. The van der Waals surface area contributed by atoms with E-state index >= 15 is 0 Å². The number of ether oxygens (including phenoxy) is 2. The fraction of sp³-hybridized carbons (Fsp3) is 0.458. The van der Waals surface area contributed by atoms with E-state index in [0.717, 1.165) is 36.5 Å². The van der Waals surface area contributed by atoms with Gasteiger partial charge in [-0.15, -0.1) is 0 Å². The summed E-state index contributed by atoms with van der Waals surface area (Å²) in [6.45, 7) is 3.15. The molecule has 11 heteroatoms. The van der Waals surface area contributed by atoms with Crippen LogP contribution in [0.3, 0.4) is 0 Å². The number of methoxy groups -OCH3 is 2. The van der Waals surface area contributed by atoms with Gasteiger partial charge in [0.15, 0.2) is 22.8 Å². The summed E-state index contributed by atoms with van der Waals surface area (Å²) in [5.74, 6) is 0.694. The summed E-state index contributed by atoms with van der Waals surface area (Å²) in [4.78, 5) is 21.8. The second kappa shape index (κ2) is 9.03. The Morgan fingerprint density at radius 2 is 1.91 bits per heavy atom. The van der Waals surface area contributed by atoms with Crippen LogP contribution in [0.1, 0.15) is 24.1 Å². The van der Waals surface area contributed by atoms with Crippen LogP contribution in [0.15, 0.2) is 30.5 Å². The molecule has 0 spiro atoms. The van der Waals surface area contributed by atoms with Gasteiger partial charge in [-0.2, -0.15) is 18.3 Å². The highest BCUT2D eigenvalue weighted by molar-refractivity contribution is 5.81. The molecular weight excluding hydrogens is 463 g/mol. The van der Waals surface area contributed by atoms with Crippen molar-refractivity contribution in [3.63, 3.8) is 0 Å². The smallest absolute Gasteiger partial charge is 0.433 e. The van der Waals surface area contributed by atoms with E-state index in [9.17, 15) is 18.0 Å². The fourth-order valence-electron chi connectivity index (χ4n) is 4.97. The topological polar surface area (TPSA) is 72.2 Å². The molecule has 0 aliphatic carbocycles. The molecule has 0 N–H and O–H groups in total. The molecule has 186 valence electrons. The van der Waals surface area contributed by atoms with E-state index in [2.05, 4.69) is 15.0 Å². The first-order valence-corrected chi connectivity index (χ1v) is 11.5. The highest BCUT2D eigenvalue weighted by Gasteiger charge is 2.36. The number of nitrogens with zero attached hydrogens (tertiary/aromatic N) is 5. The third-order valence-electron chi connectivity index (χ3n) is 6.80. The van der Waals surface area contributed by atoms with Crippen LogP contribution in [0, 0.1) is 0 Å². The second-order valence-electron chi connectivity index (χ2n) is 8.85. The fourth-order valence-corrected chi connectivity index (χ4v) is 4.97. The molecular formula is C24H26F3N5O3. The first-order valence-electron chi connectivity index (χ1n) is 11.5. The van der Waals surface area contributed by atoms with Crippen molar-refractivity contribution in [2.75, 3.05) is 40.4 Å². The summed E-state index contributed by atoms with van der Waals surface area (Å²) in [5.41, 5.74) is -0.0780. The Balaban J connectivity index is 1.51. The zero-order chi connectivity index (χ0) is 24.7. The minimum atomic E-state index is -4.67. The maximum Gasteiger partial charge on any atom is 0.433 e. The zero-order valence-electron chi connectivity index (χ0n) is 19.5. The van der Waals surface area contributed by atoms with Crippen molar-refractivity contribution < 1.29 is 27.4 Å². The van der Waals surface area contributed by atoms with Crippen molar-refractivity contribution >= 4 is 11.6 Å². The molecule has 3 aromatic rings. The molecule has 5 rings (SSSR count). The van der Waals surface area contributed by atoms with Crippen LogP contribution < -0.4 is 9.47 Å². The highest BCUT2D eigenvalue weighted by Crippen LogP contribution is 2.36. The molecule has 2 aliphatic heterocycles. The lowest BCUT2D eigenvalue weighted by molar-refractivity contribution is -0.142. The molecule has 2 aromatic heterocycles. The summed E-state index contributed by atoms with van der Waals surface area (Å²) in [6.07, 6.45) is -1.23. The number of rotatable bonds is 5. The van der Waals surface area contributed by atoms with Gasteiger partial charge in [-0.3, -0.25) is 9.69 Å². The molecule has 1 unspecified atom stereocenters. The first kappa shape index (κ1) is 23.4. The van der Waals surface area contributed by atoms with Gasteiger partial charge in [0, 0.05) is 36.8 Å². The van der Waals surface area contributed by atoms with Crippen molar-refractivity contribution in [2.24, 2.45) is 0 Å². The average molecular weight is 489 g/mol. The van der Waals surface area contributed by atoms with E-state index in [0.29, 0.717) is 41.8 Å². The number of carbonyl (C=O) groups excluding carboxylic acids is 1. The Morgan fingerprint density at radius 3 is 2.66 bits per heavy atom. The predicted molar refractivity (Wildman–Crippen MR) is 121 cm³/mol. The van der Waals surface area contributed by atoms with Gasteiger partial charge < -0.3 is 14.4 Å². The van der Waals surface area contributed by atoms with Crippen molar-refractivity contribution in [1.29, 1.82) is 0 Å². The van der Waals surface area contributed by atoms with Gasteiger partial charge in [-0.1, -0.05) is 0 Å². The van der Waals surface area contributed by atoms with Crippen LogP contribution in [0.5, 0.6) is 11.5 Å². The molecule has 8 nitrogen and oxygen atoms in total.